The van der Waals surface area contributed by atoms with Crippen molar-refractivity contribution in [3.63, 3.8) is 0 Å². The van der Waals surface area contributed by atoms with Gasteiger partial charge in [0.05, 0.1) is 9.60 Å². The number of nitrogens with one attached hydrogen (secondary N) is 2. The molecule has 0 aliphatic carbocycles. The molecule has 1 amide bonds. The van der Waals surface area contributed by atoms with Gasteiger partial charge in [-0.2, -0.15) is 0 Å². The summed E-state index contributed by atoms with van der Waals surface area (Å²) in [6.07, 6.45) is 0. The molecule has 8 nitrogen and oxygen atoms in total. The molecule has 1 aliphatic rings. The summed E-state index contributed by atoms with van der Waals surface area (Å²) in [7, 11) is -3.77. The number of aromatic nitrogens is 1. The van der Waals surface area contributed by atoms with Crippen LogP contribution in [0.25, 0.3) is 10.2 Å². The third-order valence-electron chi connectivity index (χ3n) is 6.47. The van der Waals surface area contributed by atoms with Crippen LogP contribution in [-0.2, 0) is 10.0 Å². The molecular formula is C27H28ClF2N5O3S2. The van der Waals surface area contributed by atoms with Crippen molar-refractivity contribution < 1.29 is 22.0 Å². The average molecular weight is 608 g/mol. The van der Waals surface area contributed by atoms with Gasteiger partial charge in [-0.15, -0.1) is 12.4 Å². The highest BCUT2D eigenvalue weighted by Gasteiger charge is 2.21. The molecule has 4 aromatic rings. The van der Waals surface area contributed by atoms with Gasteiger partial charge < -0.3 is 10.2 Å². The maximum atomic E-state index is 14.0. The molecule has 0 unspecified atom stereocenters. The van der Waals surface area contributed by atoms with E-state index >= 15 is 0 Å². The second-order valence-corrected chi connectivity index (χ2v) is 12.0. The fourth-order valence-electron chi connectivity index (χ4n) is 4.33. The third-order valence-corrected chi connectivity index (χ3v) is 8.93. The number of hydrogen-bond acceptors (Lipinski definition) is 7. The molecule has 1 saturated heterocycles. The smallest absolute Gasteiger partial charge is 0.261 e. The van der Waals surface area contributed by atoms with Crippen LogP contribution < -0.4 is 14.9 Å². The Morgan fingerprint density at radius 1 is 1.02 bits per heavy atom. The Bertz CT molecular complexity index is 1610. The molecule has 212 valence electrons. The van der Waals surface area contributed by atoms with Crippen LogP contribution in [0, 0.1) is 18.6 Å². The maximum absolute atomic E-state index is 14.0. The number of halogens is 3. The zero-order valence-corrected chi connectivity index (χ0v) is 24.0. The summed E-state index contributed by atoms with van der Waals surface area (Å²) in [6, 6.07) is 15.0. The van der Waals surface area contributed by atoms with Gasteiger partial charge >= 0.3 is 0 Å². The highest BCUT2D eigenvalue weighted by molar-refractivity contribution is 7.92. The second kappa shape index (κ2) is 12.5. The Balaban J connectivity index is 0.00000370. The highest BCUT2D eigenvalue weighted by Crippen LogP contribution is 2.31. The van der Waals surface area contributed by atoms with Gasteiger partial charge in [-0.25, -0.2) is 22.2 Å². The third kappa shape index (κ3) is 6.87. The van der Waals surface area contributed by atoms with E-state index in [1.807, 2.05) is 6.92 Å². The molecule has 2 N–H and O–H groups in total. The van der Waals surface area contributed by atoms with Gasteiger partial charge in [-0.1, -0.05) is 35.1 Å². The van der Waals surface area contributed by atoms with Crippen molar-refractivity contribution in [3.05, 3.63) is 83.4 Å². The Labute approximate surface area is 241 Å². The minimum atomic E-state index is -3.77. The number of fused-ring (bicyclic) bond motifs is 1. The first-order valence-corrected chi connectivity index (χ1v) is 14.7. The van der Waals surface area contributed by atoms with Gasteiger partial charge in [-0.3, -0.25) is 14.4 Å². The van der Waals surface area contributed by atoms with E-state index in [9.17, 15) is 22.0 Å². The van der Waals surface area contributed by atoms with E-state index in [2.05, 4.69) is 24.8 Å². The molecule has 2 heterocycles. The topological polar surface area (TPSA) is 94.6 Å². The molecular weight excluding hydrogens is 580 g/mol. The van der Waals surface area contributed by atoms with Crippen molar-refractivity contribution in [2.45, 2.75) is 11.8 Å². The molecule has 0 spiro atoms. The van der Waals surface area contributed by atoms with Gasteiger partial charge in [0.2, 0.25) is 0 Å². The maximum Gasteiger partial charge on any atom is 0.261 e. The summed E-state index contributed by atoms with van der Waals surface area (Å²) in [6.45, 7) is 5.77. The van der Waals surface area contributed by atoms with Gasteiger partial charge in [0.25, 0.3) is 15.9 Å². The number of benzene rings is 3. The standard InChI is InChI=1S/C27H27F2N5O3S2.ClH/c1-18-5-7-22(8-6-18)39(36,37)32-21-4-2-3-19(15-21)26(35)30-9-10-33-11-13-34(14-12-33)27-31-25-23(29)16-20(28)17-24(25)38-27;/h2-8,15-17,32H,9-14H2,1H3,(H,30,35);1H. The van der Waals surface area contributed by atoms with Crippen LogP contribution >= 0.6 is 23.7 Å². The lowest BCUT2D eigenvalue weighted by molar-refractivity contribution is 0.0947. The van der Waals surface area contributed by atoms with Gasteiger partial charge in [0.1, 0.15) is 11.3 Å². The predicted octanol–water partition coefficient (Wildman–Crippen LogP) is 4.66. The van der Waals surface area contributed by atoms with Crippen molar-refractivity contribution in [2.75, 3.05) is 48.9 Å². The minimum Gasteiger partial charge on any atom is -0.351 e. The molecule has 1 aliphatic heterocycles. The number of rotatable bonds is 8. The monoisotopic (exact) mass is 607 g/mol. The number of piperazine rings is 1. The van der Waals surface area contributed by atoms with Crippen molar-refractivity contribution >= 4 is 60.7 Å². The summed E-state index contributed by atoms with van der Waals surface area (Å²) in [5.74, 6) is -1.57. The minimum absolute atomic E-state index is 0. The molecule has 0 bridgehead atoms. The van der Waals surface area contributed by atoms with E-state index < -0.39 is 21.7 Å². The quantitative estimate of drug-likeness (QED) is 0.303. The first-order valence-electron chi connectivity index (χ1n) is 12.4. The average Bonchev–Trinajstić information content (AvgIpc) is 3.34. The zero-order valence-electron chi connectivity index (χ0n) is 21.6. The van der Waals surface area contributed by atoms with Crippen molar-refractivity contribution in [1.82, 2.24) is 15.2 Å². The predicted molar refractivity (Wildman–Crippen MR) is 156 cm³/mol. The van der Waals surface area contributed by atoms with Crippen LogP contribution in [0.1, 0.15) is 15.9 Å². The second-order valence-electron chi connectivity index (χ2n) is 9.31. The van der Waals surface area contributed by atoms with Crippen LogP contribution in [0.2, 0.25) is 0 Å². The lowest BCUT2D eigenvalue weighted by atomic mass is 10.2. The first kappa shape index (κ1) is 29.7. The molecule has 0 saturated carbocycles. The summed E-state index contributed by atoms with van der Waals surface area (Å²) < 4.78 is 55.9. The Morgan fingerprint density at radius 2 is 1.75 bits per heavy atom. The normalized spacial score (nSPS) is 14.1. The highest BCUT2D eigenvalue weighted by atomic mass is 35.5. The Morgan fingerprint density at radius 3 is 2.48 bits per heavy atom. The van der Waals surface area contributed by atoms with Crippen LogP contribution in [-0.4, -0.2) is 63.5 Å². The number of carbonyl (C=O) groups excluding carboxylic acids is 1. The van der Waals surface area contributed by atoms with E-state index in [0.29, 0.717) is 47.3 Å². The molecule has 0 atom stereocenters. The van der Waals surface area contributed by atoms with Gasteiger partial charge in [0, 0.05) is 56.6 Å². The summed E-state index contributed by atoms with van der Waals surface area (Å²) in [4.78, 5) is 21.5. The first-order chi connectivity index (χ1) is 18.7. The number of hydrogen-bond donors (Lipinski definition) is 2. The SMILES string of the molecule is Cc1ccc(S(=O)(=O)Nc2cccc(C(=O)NCCN3CCN(c4nc5c(F)cc(F)cc5s4)CC3)c2)cc1.Cl. The van der Waals surface area contributed by atoms with Crippen LogP contribution in [0.15, 0.2) is 65.6 Å². The lowest BCUT2D eigenvalue weighted by Gasteiger charge is -2.34. The van der Waals surface area contributed by atoms with Crippen LogP contribution in [0.5, 0.6) is 0 Å². The van der Waals surface area contributed by atoms with E-state index in [1.165, 1.54) is 35.6 Å². The molecule has 5 rings (SSSR count). The number of anilines is 2. The number of sulfonamides is 1. The summed E-state index contributed by atoms with van der Waals surface area (Å²) >= 11 is 1.27. The summed E-state index contributed by atoms with van der Waals surface area (Å²) in [5, 5.41) is 3.55. The van der Waals surface area contributed by atoms with Gasteiger partial charge in [0.15, 0.2) is 10.9 Å². The molecule has 1 aromatic heterocycles. The summed E-state index contributed by atoms with van der Waals surface area (Å²) in [5.41, 5.74) is 1.80. The lowest BCUT2D eigenvalue weighted by Crippen LogP contribution is -2.48. The van der Waals surface area contributed by atoms with E-state index in [0.717, 1.165) is 24.7 Å². The van der Waals surface area contributed by atoms with Crippen LogP contribution in [0.4, 0.5) is 19.6 Å². The Kier molecular flexibility index (Phi) is 9.24. The molecule has 3 aromatic carbocycles. The molecule has 40 heavy (non-hydrogen) atoms. The molecule has 13 heteroatoms. The van der Waals surface area contributed by atoms with Crippen molar-refractivity contribution in [3.8, 4) is 0 Å². The van der Waals surface area contributed by atoms with E-state index in [-0.39, 0.29) is 28.7 Å². The van der Waals surface area contributed by atoms with Crippen molar-refractivity contribution in [2.24, 2.45) is 0 Å². The number of thiazole rings is 1. The Hall–Kier alpha value is -3.32. The number of amides is 1. The largest absolute Gasteiger partial charge is 0.351 e. The molecule has 0 radical (unpaired) electrons. The fourth-order valence-corrected chi connectivity index (χ4v) is 6.43. The number of carbonyl (C=O) groups is 1. The van der Waals surface area contributed by atoms with E-state index in [1.54, 1.807) is 30.3 Å². The zero-order chi connectivity index (χ0) is 27.6. The van der Waals surface area contributed by atoms with Crippen LogP contribution in [0.3, 0.4) is 0 Å². The fraction of sp³-hybridized carbons (Fsp3) is 0.259. The van der Waals surface area contributed by atoms with Gasteiger partial charge in [-0.05, 0) is 43.3 Å². The molecule has 1 fully saturated rings. The number of aryl methyl sites for hydroxylation is 1. The number of nitrogens with zero attached hydrogens (tertiary/aromatic N) is 3. The van der Waals surface area contributed by atoms with E-state index in [4.69, 9.17) is 0 Å². The van der Waals surface area contributed by atoms with Crippen molar-refractivity contribution in [1.29, 1.82) is 0 Å².